The zero-order valence-corrected chi connectivity index (χ0v) is 13.2. The van der Waals surface area contributed by atoms with Crippen molar-refractivity contribution >= 4 is 8.32 Å². The maximum atomic E-state index is 8.64. The normalized spacial score (nSPS) is 24.8. The van der Waals surface area contributed by atoms with E-state index >= 15 is 0 Å². The van der Waals surface area contributed by atoms with Gasteiger partial charge in [0.15, 0.2) is 8.32 Å². The van der Waals surface area contributed by atoms with Crippen molar-refractivity contribution in [1.29, 1.82) is 0 Å². The van der Waals surface area contributed by atoms with Gasteiger partial charge in [0, 0.05) is 0 Å². The summed E-state index contributed by atoms with van der Waals surface area (Å²) in [5, 5.41) is 8.88. The van der Waals surface area contributed by atoms with Crippen LogP contribution in [0.1, 0.15) is 33.6 Å². The van der Waals surface area contributed by atoms with E-state index in [1.807, 2.05) is 0 Å². The van der Waals surface area contributed by atoms with E-state index in [4.69, 9.17) is 14.3 Å². The third-order valence-corrected chi connectivity index (χ3v) is 8.39. The third-order valence-electron chi connectivity index (χ3n) is 3.89. The Morgan fingerprint density at radius 2 is 2.00 bits per heavy atom. The zero-order valence-electron chi connectivity index (χ0n) is 12.2. The summed E-state index contributed by atoms with van der Waals surface area (Å²) in [5.74, 6) is 5.58. The van der Waals surface area contributed by atoms with Gasteiger partial charge in [0.25, 0.3) is 0 Å². The van der Waals surface area contributed by atoms with Crippen LogP contribution in [0.25, 0.3) is 0 Å². The predicted octanol–water partition coefficient (Wildman–Crippen LogP) is 2.55. The Labute approximate surface area is 112 Å². The first-order valence-electron chi connectivity index (χ1n) is 6.65. The molecule has 0 saturated carbocycles. The molecule has 0 aromatic heterocycles. The molecule has 1 saturated heterocycles. The second kappa shape index (κ2) is 6.20. The molecule has 0 aromatic rings. The van der Waals surface area contributed by atoms with E-state index in [2.05, 4.69) is 45.7 Å². The number of hydrogen-bond acceptors (Lipinski definition) is 3. The molecule has 4 heteroatoms. The lowest BCUT2D eigenvalue weighted by Crippen LogP contribution is -2.42. The van der Waals surface area contributed by atoms with Crippen LogP contribution in [0.3, 0.4) is 0 Å². The largest absolute Gasteiger partial charge is 0.414 e. The molecule has 1 heterocycles. The quantitative estimate of drug-likeness (QED) is 0.633. The lowest BCUT2D eigenvalue weighted by molar-refractivity contribution is 0.0380. The van der Waals surface area contributed by atoms with E-state index < -0.39 is 8.32 Å². The van der Waals surface area contributed by atoms with Crippen molar-refractivity contribution in [1.82, 2.24) is 0 Å². The van der Waals surface area contributed by atoms with Gasteiger partial charge < -0.3 is 14.3 Å². The summed E-state index contributed by atoms with van der Waals surface area (Å²) in [6.45, 7) is 11.8. The predicted molar refractivity (Wildman–Crippen MR) is 75.9 cm³/mol. The Hall–Kier alpha value is -0.343. The number of aliphatic hydroxyl groups excluding tert-OH is 1. The number of hydrogen-bond donors (Lipinski definition) is 1. The lowest BCUT2D eigenvalue weighted by atomic mass is 10.2. The molecule has 0 spiro atoms. The van der Waals surface area contributed by atoms with Gasteiger partial charge in [-0.3, -0.25) is 0 Å². The molecule has 3 nitrogen and oxygen atoms in total. The Balaban J connectivity index is 2.38. The fourth-order valence-corrected chi connectivity index (χ4v) is 2.65. The fourth-order valence-electron chi connectivity index (χ4n) is 1.61. The van der Waals surface area contributed by atoms with Crippen molar-refractivity contribution in [3.8, 4) is 11.8 Å². The van der Waals surface area contributed by atoms with Crippen LogP contribution >= 0.6 is 0 Å². The number of aliphatic hydroxyl groups is 1. The molecule has 1 aliphatic heterocycles. The Morgan fingerprint density at radius 1 is 1.33 bits per heavy atom. The first-order valence-corrected chi connectivity index (χ1v) is 9.56. The standard InChI is InChI=1S/C14H26O3Si/c1-14(2,3)18(4,5)16-11-13-9-8-12(17-13)7-6-10-15/h12-13,15H,8-11H2,1-5H3/t12-,13-/m0/s1. The highest BCUT2D eigenvalue weighted by molar-refractivity contribution is 6.74. The summed E-state index contributed by atoms with van der Waals surface area (Å²) in [4.78, 5) is 0. The molecule has 0 amide bonds. The van der Waals surface area contributed by atoms with Crippen LogP contribution in [-0.4, -0.2) is 38.8 Å². The van der Waals surface area contributed by atoms with Gasteiger partial charge in [0.1, 0.15) is 12.7 Å². The molecule has 1 rings (SSSR count). The van der Waals surface area contributed by atoms with Gasteiger partial charge in [-0.2, -0.15) is 0 Å². The highest BCUT2D eigenvalue weighted by Crippen LogP contribution is 2.37. The van der Waals surface area contributed by atoms with E-state index in [0.29, 0.717) is 6.61 Å². The van der Waals surface area contributed by atoms with Crippen LogP contribution in [-0.2, 0) is 9.16 Å². The highest BCUT2D eigenvalue weighted by atomic mass is 28.4. The topological polar surface area (TPSA) is 38.7 Å². The van der Waals surface area contributed by atoms with Gasteiger partial charge in [0.2, 0.25) is 0 Å². The van der Waals surface area contributed by atoms with Crippen molar-refractivity contribution < 1.29 is 14.3 Å². The summed E-state index contributed by atoms with van der Waals surface area (Å²) in [7, 11) is -1.68. The van der Waals surface area contributed by atoms with E-state index in [0.717, 1.165) is 12.8 Å². The van der Waals surface area contributed by atoms with Crippen LogP contribution in [0.2, 0.25) is 18.1 Å². The summed E-state index contributed by atoms with van der Waals surface area (Å²) < 4.78 is 11.9. The van der Waals surface area contributed by atoms with Crippen LogP contribution < -0.4 is 0 Å². The van der Waals surface area contributed by atoms with Gasteiger partial charge in [0.05, 0.1) is 12.7 Å². The first-order chi connectivity index (χ1) is 8.26. The molecule has 18 heavy (non-hydrogen) atoms. The Kier molecular flexibility index (Phi) is 5.41. The van der Waals surface area contributed by atoms with Gasteiger partial charge >= 0.3 is 0 Å². The highest BCUT2D eigenvalue weighted by Gasteiger charge is 2.38. The van der Waals surface area contributed by atoms with Crippen molar-refractivity contribution in [3.05, 3.63) is 0 Å². The molecule has 104 valence electrons. The fraction of sp³-hybridized carbons (Fsp3) is 0.857. The van der Waals surface area contributed by atoms with Crippen molar-refractivity contribution in [2.75, 3.05) is 13.2 Å². The third kappa shape index (κ3) is 4.40. The summed E-state index contributed by atoms with van der Waals surface area (Å²) in [6.07, 6.45) is 2.08. The molecule has 1 N–H and O–H groups in total. The minimum atomic E-state index is -1.68. The first kappa shape index (κ1) is 15.7. The van der Waals surface area contributed by atoms with Crippen LogP contribution in [0.4, 0.5) is 0 Å². The van der Waals surface area contributed by atoms with Crippen molar-refractivity contribution in [2.45, 2.75) is 64.0 Å². The summed E-state index contributed by atoms with van der Waals surface area (Å²) in [6, 6.07) is 0. The van der Waals surface area contributed by atoms with Gasteiger partial charge in [-0.1, -0.05) is 32.6 Å². The van der Waals surface area contributed by atoms with E-state index in [-0.39, 0.29) is 23.9 Å². The smallest absolute Gasteiger partial charge is 0.192 e. The molecule has 1 fully saturated rings. The minimum absolute atomic E-state index is 0.0230. The Morgan fingerprint density at radius 3 is 2.56 bits per heavy atom. The molecule has 0 unspecified atom stereocenters. The molecular weight excluding hydrogens is 244 g/mol. The van der Waals surface area contributed by atoms with Crippen LogP contribution in [0.15, 0.2) is 0 Å². The maximum Gasteiger partial charge on any atom is 0.192 e. The van der Waals surface area contributed by atoms with E-state index in [9.17, 15) is 0 Å². The molecule has 2 atom stereocenters. The average Bonchev–Trinajstić information content (AvgIpc) is 2.70. The number of rotatable bonds is 3. The molecule has 0 bridgehead atoms. The lowest BCUT2D eigenvalue weighted by Gasteiger charge is -2.36. The minimum Gasteiger partial charge on any atom is -0.414 e. The van der Waals surface area contributed by atoms with Crippen LogP contribution in [0.5, 0.6) is 0 Å². The van der Waals surface area contributed by atoms with Crippen LogP contribution in [0, 0.1) is 11.8 Å². The summed E-state index contributed by atoms with van der Waals surface area (Å²) >= 11 is 0. The number of ether oxygens (including phenoxy) is 1. The monoisotopic (exact) mass is 270 g/mol. The molecule has 0 aliphatic carbocycles. The SMILES string of the molecule is CC(C)(C)[Si](C)(C)OC[C@@H]1CC[C@H](C#CCO)O1. The molecule has 1 aliphatic rings. The van der Waals surface area contributed by atoms with E-state index in [1.165, 1.54) is 0 Å². The average molecular weight is 270 g/mol. The second-order valence-corrected chi connectivity index (χ2v) is 11.2. The van der Waals surface area contributed by atoms with Gasteiger partial charge in [-0.05, 0) is 31.0 Å². The Bertz CT molecular complexity index is 322. The maximum absolute atomic E-state index is 8.64. The van der Waals surface area contributed by atoms with E-state index in [1.54, 1.807) is 0 Å². The van der Waals surface area contributed by atoms with Gasteiger partial charge in [-0.15, -0.1) is 0 Å². The molecule has 0 radical (unpaired) electrons. The second-order valence-electron chi connectivity index (χ2n) is 6.37. The zero-order chi connectivity index (χ0) is 13.8. The summed E-state index contributed by atoms with van der Waals surface area (Å²) in [5.41, 5.74) is 0. The van der Waals surface area contributed by atoms with Crippen molar-refractivity contribution in [3.63, 3.8) is 0 Å². The molecular formula is C14H26O3Si. The molecule has 0 aromatic carbocycles. The van der Waals surface area contributed by atoms with Gasteiger partial charge in [-0.25, -0.2) is 0 Å². The van der Waals surface area contributed by atoms with Crippen molar-refractivity contribution in [2.24, 2.45) is 0 Å².